The van der Waals surface area contributed by atoms with Crippen LogP contribution in [0.4, 0.5) is 0 Å². The molecule has 2 N–H and O–H groups in total. The molecule has 2 fully saturated rings. The molecule has 0 aromatic rings. The van der Waals surface area contributed by atoms with Crippen LogP contribution in [-0.2, 0) is 9.47 Å². The molecule has 0 bridgehead atoms. The third kappa shape index (κ3) is 3.70. The van der Waals surface area contributed by atoms with E-state index in [1.807, 2.05) is 13.8 Å². The Balaban J connectivity index is 1.58. The van der Waals surface area contributed by atoms with E-state index >= 15 is 0 Å². The molecular formula is C12H24N2O2. The summed E-state index contributed by atoms with van der Waals surface area (Å²) in [5.41, 5.74) is 0. The quantitative estimate of drug-likeness (QED) is 0.744. The summed E-state index contributed by atoms with van der Waals surface area (Å²) in [5.74, 6) is 0.442. The second-order valence-electron chi connectivity index (χ2n) is 5.30. The van der Waals surface area contributed by atoms with E-state index in [0.29, 0.717) is 6.61 Å². The molecule has 94 valence electrons. The molecule has 1 atom stereocenters. The summed E-state index contributed by atoms with van der Waals surface area (Å²) in [6.45, 7) is 9.02. The van der Waals surface area contributed by atoms with Gasteiger partial charge in [-0.2, -0.15) is 0 Å². The molecule has 0 amide bonds. The summed E-state index contributed by atoms with van der Waals surface area (Å²) in [4.78, 5) is 0. The van der Waals surface area contributed by atoms with Gasteiger partial charge < -0.3 is 20.1 Å². The SMILES string of the molecule is CC1(C)OCC(CNCC2CCNCC2)O1. The topological polar surface area (TPSA) is 42.5 Å². The van der Waals surface area contributed by atoms with Crippen molar-refractivity contribution in [2.45, 2.75) is 38.6 Å². The smallest absolute Gasteiger partial charge is 0.163 e. The fourth-order valence-corrected chi connectivity index (χ4v) is 2.40. The highest BCUT2D eigenvalue weighted by molar-refractivity contribution is 4.75. The van der Waals surface area contributed by atoms with Crippen molar-refractivity contribution in [3.63, 3.8) is 0 Å². The van der Waals surface area contributed by atoms with Gasteiger partial charge in [-0.1, -0.05) is 0 Å². The molecule has 2 aliphatic rings. The van der Waals surface area contributed by atoms with E-state index in [4.69, 9.17) is 9.47 Å². The first-order chi connectivity index (χ1) is 7.66. The zero-order valence-corrected chi connectivity index (χ0v) is 10.4. The van der Waals surface area contributed by atoms with E-state index in [1.54, 1.807) is 0 Å². The molecule has 2 saturated heterocycles. The summed E-state index contributed by atoms with van der Waals surface area (Å²) >= 11 is 0. The standard InChI is InChI=1S/C12H24N2O2/c1-12(2)15-9-11(16-12)8-14-7-10-3-5-13-6-4-10/h10-11,13-14H,3-9H2,1-2H3. The lowest BCUT2D eigenvalue weighted by atomic mass is 9.98. The summed E-state index contributed by atoms with van der Waals surface area (Å²) in [6, 6.07) is 0. The number of nitrogens with one attached hydrogen (secondary N) is 2. The second kappa shape index (κ2) is 5.45. The molecule has 16 heavy (non-hydrogen) atoms. The maximum absolute atomic E-state index is 5.74. The minimum absolute atomic E-state index is 0.219. The van der Waals surface area contributed by atoms with Gasteiger partial charge in [0.1, 0.15) is 0 Å². The molecule has 0 spiro atoms. The van der Waals surface area contributed by atoms with E-state index in [2.05, 4.69) is 10.6 Å². The minimum Gasteiger partial charge on any atom is -0.348 e. The van der Waals surface area contributed by atoms with Crippen molar-refractivity contribution in [1.29, 1.82) is 0 Å². The van der Waals surface area contributed by atoms with Gasteiger partial charge in [-0.15, -0.1) is 0 Å². The van der Waals surface area contributed by atoms with E-state index in [-0.39, 0.29) is 11.9 Å². The van der Waals surface area contributed by atoms with Gasteiger partial charge in [0.25, 0.3) is 0 Å². The third-order valence-electron chi connectivity index (χ3n) is 3.33. The lowest BCUT2D eigenvalue weighted by Gasteiger charge is -2.23. The van der Waals surface area contributed by atoms with Crippen molar-refractivity contribution >= 4 is 0 Å². The Labute approximate surface area is 98.1 Å². The molecule has 4 nitrogen and oxygen atoms in total. The van der Waals surface area contributed by atoms with E-state index < -0.39 is 0 Å². The van der Waals surface area contributed by atoms with Gasteiger partial charge in [-0.3, -0.25) is 0 Å². The zero-order chi connectivity index (χ0) is 11.4. The highest BCUT2D eigenvalue weighted by Gasteiger charge is 2.32. The van der Waals surface area contributed by atoms with Crippen LogP contribution in [0.25, 0.3) is 0 Å². The van der Waals surface area contributed by atoms with E-state index in [1.165, 1.54) is 25.9 Å². The van der Waals surface area contributed by atoms with Crippen LogP contribution in [0, 0.1) is 5.92 Å². The maximum Gasteiger partial charge on any atom is 0.163 e. The van der Waals surface area contributed by atoms with Crippen molar-refractivity contribution in [3.8, 4) is 0 Å². The Morgan fingerprint density at radius 3 is 2.62 bits per heavy atom. The van der Waals surface area contributed by atoms with Gasteiger partial charge in [0, 0.05) is 6.54 Å². The largest absolute Gasteiger partial charge is 0.348 e. The Morgan fingerprint density at radius 2 is 2.00 bits per heavy atom. The van der Waals surface area contributed by atoms with Gasteiger partial charge in [-0.25, -0.2) is 0 Å². The van der Waals surface area contributed by atoms with Crippen molar-refractivity contribution in [3.05, 3.63) is 0 Å². The number of hydrogen-bond donors (Lipinski definition) is 2. The summed E-state index contributed by atoms with van der Waals surface area (Å²) in [7, 11) is 0. The summed E-state index contributed by atoms with van der Waals surface area (Å²) in [5, 5.41) is 6.89. The monoisotopic (exact) mass is 228 g/mol. The van der Waals surface area contributed by atoms with Gasteiger partial charge in [0.15, 0.2) is 5.79 Å². The van der Waals surface area contributed by atoms with Crippen molar-refractivity contribution in [2.24, 2.45) is 5.92 Å². The van der Waals surface area contributed by atoms with E-state index in [0.717, 1.165) is 19.0 Å². The number of rotatable bonds is 4. The van der Waals surface area contributed by atoms with Gasteiger partial charge >= 0.3 is 0 Å². The van der Waals surface area contributed by atoms with Crippen LogP contribution in [0.5, 0.6) is 0 Å². The molecular weight excluding hydrogens is 204 g/mol. The molecule has 4 heteroatoms. The van der Waals surface area contributed by atoms with Crippen LogP contribution < -0.4 is 10.6 Å². The Hall–Kier alpha value is -0.160. The number of hydrogen-bond acceptors (Lipinski definition) is 4. The van der Waals surface area contributed by atoms with Gasteiger partial charge in [0.2, 0.25) is 0 Å². The lowest BCUT2D eigenvalue weighted by molar-refractivity contribution is -0.137. The van der Waals surface area contributed by atoms with Crippen LogP contribution in [-0.4, -0.2) is 44.7 Å². The molecule has 0 aromatic heterocycles. The highest BCUT2D eigenvalue weighted by atomic mass is 16.7. The predicted octanol–water partition coefficient (Wildman–Crippen LogP) is 0.727. The van der Waals surface area contributed by atoms with Crippen molar-refractivity contribution in [2.75, 3.05) is 32.8 Å². The van der Waals surface area contributed by atoms with Crippen molar-refractivity contribution < 1.29 is 9.47 Å². The van der Waals surface area contributed by atoms with Gasteiger partial charge in [0.05, 0.1) is 12.7 Å². The normalized spacial score (nSPS) is 30.8. The average Bonchev–Trinajstić information content (AvgIpc) is 2.60. The fraction of sp³-hybridized carbons (Fsp3) is 1.00. The highest BCUT2D eigenvalue weighted by Crippen LogP contribution is 2.21. The maximum atomic E-state index is 5.74. The Kier molecular flexibility index (Phi) is 4.19. The summed E-state index contributed by atoms with van der Waals surface area (Å²) in [6.07, 6.45) is 2.80. The predicted molar refractivity (Wildman–Crippen MR) is 63.4 cm³/mol. The molecule has 2 aliphatic heterocycles. The first-order valence-electron chi connectivity index (χ1n) is 6.39. The molecule has 2 heterocycles. The van der Waals surface area contributed by atoms with E-state index in [9.17, 15) is 0 Å². The van der Waals surface area contributed by atoms with Crippen LogP contribution in [0.3, 0.4) is 0 Å². The molecule has 0 aromatic carbocycles. The first kappa shape index (κ1) is 12.3. The second-order valence-corrected chi connectivity index (χ2v) is 5.30. The lowest BCUT2D eigenvalue weighted by Crippen LogP contribution is -2.37. The number of ether oxygens (including phenoxy) is 2. The molecule has 2 rings (SSSR count). The van der Waals surface area contributed by atoms with Crippen LogP contribution in [0.2, 0.25) is 0 Å². The van der Waals surface area contributed by atoms with Crippen LogP contribution >= 0.6 is 0 Å². The first-order valence-corrected chi connectivity index (χ1v) is 6.39. The Bertz CT molecular complexity index is 215. The molecule has 0 aliphatic carbocycles. The van der Waals surface area contributed by atoms with Gasteiger partial charge in [-0.05, 0) is 52.2 Å². The molecule has 0 radical (unpaired) electrons. The zero-order valence-electron chi connectivity index (χ0n) is 10.4. The number of piperidine rings is 1. The molecule has 1 unspecified atom stereocenters. The Morgan fingerprint density at radius 1 is 1.25 bits per heavy atom. The van der Waals surface area contributed by atoms with Crippen molar-refractivity contribution in [1.82, 2.24) is 10.6 Å². The summed E-state index contributed by atoms with van der Waals surface area (Å²) < 4.78 is 11.3. The minimum atomic E-state index is -0.388. The third-order valence-corrected chi connectivity index (χ3v) is 3.33. The average molecular weight is 228 g/mol. The van der Waals surface area contributed by atoms with Crippen LogP contribution in [0.1, 0.15) is 26.7 Å². The van der Waals surface area contributed by atoms with Crippen LogP contribution in [0.15, 0.2) is 0 Å². The fourth-order valence-electron chi connectivity index (χ4n) is 2.40. The molecule has 0 saturated carbocycles.